The average Bonchev–Trinajstić information content (AvgIpc) is 3.25. The Balaban J connectivity index is 1.44. The third-order valence-electron chi connectivity index (χ3n) is 5.51. The number of aryl methyl sites for hydroxylation is 2. The van der Waals surface area contributed by atoms with E-state index < -0.39 is 0 Å². The second kappa shape index (κ2) is 7.64. The van der Waals surface area contributed by atoms with Crippen molar-refractivity contribution in [1.29, 1.82) is 0 Å². The number of nitrogens with zero attached hydrogens (tertiary/aromatic N) is 1. The summed E-state index contributed by atoms with van der Waals surface area (Å²) in [6, 6.07) is 19.3. The molecular formula is C26H20ClNO3. The number of Topliss-reactive ketones (excluding diaryl/α,β-unsaturated/α-hetero) is 1. The minimum Gasteiger partial charge on any atom is -0.489 e. The van der Waals surface area contributed by atoms with Crippen molar-refractivity contribution in [3.63, 3.8) is 0 Å². The van der Waals surface area contributed by atoms with Crippen molar-refractivity contribution < 1.29 is 14.3 Å². The zero-order valence-corrected chi connectivity index (χ0v) is 17.9. The third kappa shape index (κ3) is 3.49. The van der Waals surface area contributed by atoms with E-state index in [1.54, 1.807) is 6.07 Å². The Hall–Kier alpha value is -3.50. The first-order valence-corrected chi connectivity index (χ1v) is 10.4. The number of hydrogen-bond acceptors (Lipinski definition) is 3. The summed E-state index contributed by atoms with van der Waals surface area (Å²) in [5.41, 5.74) is 4.34. The summed E-state index contributed by atoms with van der Waals surface area (Å²) in [6.45, 7) is 2.23. The maximum absolute atomic E-state index is 13.0. The molecule has 0 unspecified atom stereocenters. The van der Waals surface area contributed by atoms with Crippen LogP contribution in [0.3, 0.4) is 0 Å². The van der Waals surface area contributed by atoms with E-state index in [0.29, 0.717) is 34.5 Å². The van der Waals surface area contributed by atoms with Crippen molar-refractivity contribution >= 4 is 34.4 Å². The minimum absolute atomic E-state index is 0.113. The number of fused-ring (bicyclic) bond motifs is 2. The van der Waals surface area contributed by atoms with E-state index in [1.165, 1.54) is 0 Å². The Bertz CT molecular complexity index is 1370. The molecule has 0 aliphatic carbocycles. The molecule has 4 nitrogen and oxygen atoms in total. The number of carbonyl (C=O) groups is 1. The first kappa shape index (κ1) is 19.5. The van der Waals surface area contributed by atoms with Crippen LogP contribution in [-0.4, -0.2) is 10.4 Å². The average molecular weight is 430 g/mol. The van der Waals surface area contributed by atoms with Gasteiger partial charge in [-0.1, -0.05) is 48.0 Å². The quantitative estimate of drug-likeness (QED) is 0.355. The fraction of sp³-hybridized carbons (Fsp3) is 0.115. The Kier molecular flexibility index (Phi) is 4.79. The van der Waals surface area contributed by atoms with Crippen LogP contribution >= 0.6 is 11.6 Å². The van der Waals surface area contributed by atoms with Crippen molar-refractivity contribution in [2.45, 2.75) is 13.5 Å². The predicted molar refractivity (Wildman–Crippen MR) is 123 cm³/mol. The first-order chi connectivity index (χ1) is 15.0. The minimum atomic E-state index is -0.113. The van der Waals surface area contributed by atoms with Gasteiger partial charge in [0.25, 0.3) is 0 Å². The van der Waals surface area contributed by atoms with Gasteiger partial charge in [0.2, 0.25) is 5.78 Å². The molecule has 1 aliphatic heterocycles. The smallest absolute Gasteiger partial charge is 0.232 e. The van der Waals surface area contributed by atoms with Gasteiger partial charge in [-0.2, -0.15) is 0 Å². The number of benzene rings is 3. The van der Waals surface area contributed by atoms with E-state index in [1.807, 2.05) is 79.3 Å². The molecule has 0 N–H and O–H groups in total. The van der Waals surface area contributed by atoms with Gasteiger partial charge in [0, 0.05) is 46.4 Å². The van der Waals surface area contributed by atoms with Gasteiger partial charge in [-0.3, -0.25) is 4.79 Å². The molecule has 0 fully saturated rings. The van der Waals surface area contributed by atoms with E-state index in [-0.39, 0.29) is 5.78 Å². The van der Waals surface area contributed by atoms with Crippen LogP contribution in [0.25, 0.3) is 17.0 Å². The molecule has 1 aliphatic rings. The highest BCUT2D eigenvalue weighted by Gasteiger charge is 2.30. The fourth-order valence-corrected chi connectivity index (χ4v) is 4.16. The van der Waals surface area contributed by atoms with Crippen LogP contribution in [0.4, 0.5) is 0 Å². The lowest BCUT2D eigenvalue weighted by atomic mass is 10.0. The van der Waals surface area contributed by atoms with Gasteiger partial charge in [0.15, 0.2) is 5.76 Å². The van der Waals surface area contributed by atoms with Crippen LogP contribution in [0.1, 0.15) is 27.0 Å². The number of ether oxygens (including phenoxy) is 2. The standard InChI is InChI=1S/C26H20ClNO3/c1-16-11-19(30-15-17-7-3-5-9-21(17)27)13-23-25(16)26(29)24(31-23)12-18-14-28(2)22-10-6-4-8-20(18)22/h3-14H,15H2,1-2H3/b24-12-. The molecule has 0 atom stereocenters. The Labute approximate surface area is 185 Å². The largest absolute Gasteiger partial charge is 0.489 e. The third-order valence-corrected chi connectivity index (χ3v) is 5.88. The Morgan fingerprint density at radius 1 is 1.10 bits per heavy atom. The zero-order chi connectivity index (χ0) is 21.5. The Morgan fingerprint density at radius 2 is 1.87 bits per heavy atom. The lowest BCUT2D eigenvalue weighted by Gasteiger charge is -2.10. The molecule has 2 heterocycles. The van der Waals surface area contributed by atoms with Crippen LogP contribution in [-0.2, 0) is 13.7 Å². The lowest BCUT2D eigenvalue weighted by Crippen LogP contribution is -2.00. The van der Waals surface area contributed by atoms with Gasteiger partial charge in [0.1, 0.15) is 18.1 Å². The molecule has 4 aromatic rings. The summed E-state index contributed by atoms with van der Waals surface area (Å²) in [4.78, 5) is 13.0. The van der Waals surface area contributed by atoms with Crippen LogP contribution in [0, 0.1) is 6.92 Å². The van der Waals surface area contributed by atoms with E-state index >= 15 is 0 Å². The molecular weight excluding hydrogens is 410 g/mol. The van der Waals surface area contributed by atoms with Gasteiger partial charge in [-0.05, 0) is 36.8 Å². The van der Waals surface area contributed by atoms with E-state index in [4.69, 9.17) is 21.1 Å². The predicted octanol–water partition coefficient (Wildman–Crippen LogP) is 6.34. The molecule has 5 rings (SSSR count). The van der Waals surface area contributed by atoms with E-state index in [0.717, 1.165) is 27.6 Å². The number of rotatable bonds is 4. The number of allylic oxidation sites excluding steroid dienone is 1. The van der Waals surface area contributed by atoms with Crippen molar-refractivity contribution in [1.82, 2.24) is 4.57 Å². The summed E-state index contributed by atoms with van der Waals surface area (Å²) in [6.07, 6.45) is 3.82. The molecule has 0 amide bonds. The first-order valence-electron chi connectivity index (χ1n) is 10.0. The van der Waals surface area contributed by atoms with Crippen molar-refractivity contribution in [2.24, 2.45) is 7.05 Å². The number of carbonyl (C=O) groups excluding carboxylic acids is 1. The van der Waals surface area contributed by atoms with Gasteiger partial charge < -0.3 is 14.0 Å². The molecule has 1 aromatic heterocycles. The number of hydrogen-bond donors (Lipinski definition) is 0. The lowest BCUT2D eigenvalue weighted by molar-refractivity contribution is 0.101. The summed E-state index contributed by atoms with van der Waals surface area (Å²) < 4.78 is 13.9. The molecule has 0 saturated carbocycles. The van der Waals surface area contributed by atoms with Crippen LogP contribution in [0.2, 0.25) is 5.02 Å². The van der Waals surface area contributed by atoms with Gasteiger partial charge in [0.05, 0.1) is 5.56 Å². The Morgan fingerprint density at radius 3 is 2.71 bits per heavy atom. The maximum atomic E-state index is 13.0. The van der Waals surface area contributed by atoms with Gasteiger partial charge >= 0.3 is 0 Å². The van der Waals surface area contributed by atoms with Crippen LogP contribution < -0.4 is 9.47 Å². The van der Waals surface area contributed by atoms with Gasteiger partial charge in [-0.25, -0.2) is 0 Å². The molecule has 5 heteroatoms. The highest BCUT2D eigenvalue weighted by Crippen LogP contribution is 2.38. The summed E-state index contributed by atoms with van der Waals surface area (Å²) in [5.74, 6) is 1.36. The van der Waals surface area contributed by atoms with E-state index in [2.05, 4.69) is 6.07 Å². The monoisotopic (exact) mass is 429 g/mol. The molecule has 0 bridgehead atoms. The topological polar surface area (TPSA) is 40.5 Å². The molecule has 0 radical (unpaired) electrons. The second-order valence-electron chi connectivity index (χ2n) is 7.65. The molecule has 31 heavy (non-hydrogen) atoms. The van der Waals surface area contributed by atoms with Gasteiger partial charge in [-0.15, -0.1) is 0 Å². The second-order valence-corrected chi connectivity index (χ2v) is 8.05. The van der Waals surface area contributed by atoms with E-state index in [9.17, 15) is 4.79 Å². The maximum Gasteiger partial charge on any atom is 0.232 e. The molecule has 154 valence electrons. The van der Waals surface area contributed by atoms with Crippen molar-refractivity contribution in [3.8, 4) is 11.5 Å². The van der Waals surface area contributed by atoms with Crippen LogP contribution in [0.15, 0.2) is 72.6 Å². The number of ketones is 1. The highest BCUT2D eigenvalue weighted by atomic mass is 35.5. The summed E-state index contributed by atoms with van der Waals surface area (Å²) >= 11 is 6.22. The normalized spacial score (nSPS) is 14.2. The van der Waals surface area contributed by atoms with Crippen molar-refractivity contribution in [3.05, 3.63) is 99.9 Å². The summed E-state index contributed by atoms with van der Waals surface area (Å²) in [5, 5.41) is 1.73. The number of para-hydroxylation sites is 1. The number of halogens is 1. The molecule has 3 aromatic carbocycles. The van der Waals surface area contributed by atoms with Crippen LogP contribution in [0.5, 0.6) is 11.5 Å². The van der Waals surface area contributed by atoms with Crippen molar-refractivity contribution in [2.75, 3.05) is 0 Å². The zero-order valence-electron chi connectivity index (χ0n) is 17.2. The molecule has 0 saturated heterocycles. The highest BCUT2D eigenvalue weighted by molar-refractivity contribution is 6.31. The fourth-order valence-electron chi connectivity index (χ4n) is 3.97. The molecule has 0 spiro atoms. The number of aromatic nitrogens is 1. The SMILES string of the molecule is Cc1cc(OCc2ccccc2Cl)cc2c1C(=O)/C(=C/c1cn(C)c3ccccc13)O2. The summed E-state index contributed by atoms with van der Waals surface area (Å²) in [7, 11) is 1.99.